The summed E-state index contributed by atoms with van der Waals surface area (Å²) >= 11 is 0. The highest BCUT2D eigenvalue weighted by molar-refractivity contribution is 5.30. The molecule has 1 aliphatic heterocycles. The van der Waals surface area contributed by atoms with E-state index in [1.54, 1.807) is 0 Å². The summed E-state index contributed by atoms with van der Waals surface area (Å²) in [4.78, 5) is 0. The van der Waals surface area contributed by atoms with E-state index in [0.29, 0.717) is 19.2 Å². The monoisotopic (exact) mass is 261 g/mol. The highest BCUT2D eigenvalue weighted by atomic mass is 16.5. The highest BCUT2D eigenvalue weighted by Crippen LogP contribution is 2.26. The van der Waals surface area contributed by atoms with Gasteiger partial charge in [-0.05, 0) is 37.3 Å². The maximum absolute atomic E-state index is 10.5. The van der Waals surface area contributed by atoms with Crippen LogP contribution in [-0.4, -0.2) is 36.0 Å². The molecule has 1 aromatic carbocycles. The number of ether oxygens (including phenoxy) is 1. The zero-order valence-electron chi connectivity index (χ0n) is 11.6. The van der Waals surface area contributed by atoms with Gasteiger partial charge < -0.3 is 15.2 Å². The van der Waals surface area contributed by atoms with Crippen molar-refractivity contribution in [2.24, 2.45) is 0 Å². The fraction of sp³-hybridized carbons (Fsp3) is 0.625. The lowest BCUT2D eigenvalue weighted by molar-refractivity contribution is -0.0278. The molecule has 1 fully saturated rings. The van der Waals surface area contributed by atoms with Crippen LogP contribution >= 0.6 is 0 Å². The van der Waals surface area contributed by atoms with Crippen molar-refractivity contribution in [1.82, 2.24) is 5.32 Å². The lowest BCUT2D eigenvalue weighted by Gasteiger charge is -2.31. The second-order valence-corrected chi connectivity index (χ2v) is 5.96. The Morgan fingerprint density at radius 2 is 2.16 bits per heavy atom. The van der Waals surface area contributed by atoms with Crippen molar-refractivity contribution in [3.8, 4) is 0 Å². The van der Waals surface area contributed by atoms with E-state index in [4.69, 9.17) is 4.74 Å². The Balaban J connectivity index is 1.58. The fourth-order valence-corrected chi connectivity index (χ4v) is 3.20. The maximum Gasteiger partial charge on any atom is 0.105 e. The van der Waals surface area contributed by atoms with Crippen LogP contribution in [0.1, 0.15) is 30.9 Å². The van der Waals surface area contributed by atoms with Crippen LogP contribution in [0.25, 0.3) is 0 Å². The summed E-state index contributed by atoms with van der Waals surface area (Å²) in [6.45, 7) is 3.28. The number of aryl methyl sites for hydroxylation is 1. The maximum atomic E-state index is 10.5. The first-order valence-electron chi connectivity index (χ1n) is 7.31. The van der Waals surface area contributed by atoms with E-state index in [9.17, 15) is 5.11 Å². The zero-order chi connectivity index (χ0) is 13.3. The molecule has 0 spiro atoms. The summed E-state index contributed by atoms with van der Waals surface area (Å²) in [6, 6.07) is 9.16. The first-order chi connectivity index (χ1) is 9.17. The predicted molar refractivity (Wildman–Crippen MR) is 75.2 cm³/mol. The molecule has 104 valence electrons. The van der Waals surface area contributed by atoms with Crippen molar-refractivity contribution in [2.45, 2.75) is 50.4 Å². The molecule has 0 amide bonds. The van der Waals surface area contributed by atoms with Crippen LogP contribution in [0, 0.1) is 0 Å². The van der Waals surface area contributed by atoms with Gasteiger partial charge in [0.1, 0.15) is 5.60 Å². The molecule has 1 saturated heterocycles. The van der Waals surface area contributed by atoms with E-state index < -0.39 is 5.60 Å². The number of benzene rings is 1. The Bertz CT molecular complexity index is 448. The number of nitrogens with one attached hydrogen (secondary N) is 1. The smallest absolute Gasteiger partial charge is 0.105 e. The van der Waals surface area contributed by atoms with Crippen molar-refractivity contribution in [3.05, 3.63) is 35.4 Å². The van der Waals surface area contributed by atoms with E-state index in [2.05, 4.69) is 29.6 Å². The lowest BCUT2D eigenvalue weighted by atomic mass is 9.87. The van der Waals surface area contributed by atoms with Crippen LogP contribution in [0.15, 0.2) is 24.3 Å². The first-order valence-corrected chi connectivity index (χ1v) is 7.31. The molecule has 1 heterocycles. The Morgan fingerprint density at radius 1 is 1.37 bits per heavy atom. The van der Waals surface area contributed by atoms with E-state index in [-0.39, 0.29) is 6.10 Å². The van der Waals surface area contributed by atoms with Gasteiger partial charge in [-0.25, -0.2) is 0 Å². The van der Waals surface area contributed by atoms with E-state index >= 15 is 0 Å². The second kappa shape index (κ2) is 5.23. The van der Waals surface area contributed by atoms with Crippen LogP contribution in [0.5, 0.6) is 0 Å². The minimum atomic E-state index is -0.684. The number of hydrogen-bond donors (Lipinski definition) is 2. The molecule has 3 nitrogen and oxygen atoms in total. The summed E-state index contributed by atoms with van der Waals surface area (Å²) in [5.74, 6) is 0. The third-order valence-electron chi connectivity index (χ3n) is 4.70. The van der Waals surface area contributed by atoms with Crippen molar-refractivity contribution in [1.29, 1.82) is 0 Å². The molecule has 2 N–H and O–H groups in total. The molecule has 3 rings (SSSR count). The average Bonchev–Trinajstić information content (AvgIpc) is 2.77. The third kappa shape index (κ3) is 2.69. The Hall–Kier alpha value is -0.900. The summed E-state index contributed by atoms with van der Waals surface area (Å²) in [5.41, 5.74) is 2.25. The van der Waals surface area contributed by atoms with Gasteiger partial charge in [-0.2, -0.15) is 0 Å². The van der Waals surface area contributed by atoms with Gasteiger partial charge in [-0.15, -0.1) is 0 Å². The Labute approximate surface area is 115 Å². The van der Waals surface area contributed by atoms with Crippen molar-refractivity contribution in [3.63, 3.8) is 0 Å². The minimum Gasteiger partial charge on any atom is -0.386 e. The molecule has 3 atom stereocenters. The molecular formula is C16H23NO2. The topological polar surface area (TPSA) is 41.5 Å². The van der Waals surface area contributed by atoms with Crippen LogP contribution in [-0.2, 0) is 17.6 Å². The number of aliphatic hydroxyl groups is 1. The SMILES string of the molecule is CC1OCCC1(O)CNC1CCc2ccccc2C1. The first kappa shape index (κ1) is 13.1. The molecule has 1 aromatic rings. The summed E-state index contributed by atoms with van der Waals surface area (Å²) in [6.07, 6.45) is 4.04. The van der Waals surface area contributed by atoms with Crippen LogP contribution < -0.4 is 5.32 Å². The largest absolute Gasteiger partial charge is 0.386 e. The average molecular weight is 261 g/mol. The van der Waals surface area contributed by atoms with Gasteiger partial charge in [0.25, 0.3) is 0 Å². The van der Waals surface area contributed by atoms with Crippen LogP contribution in [0.4, 0.5) is 0 Å². The van der Waals surface area contributed by atoms with E-state index in [1.165, 1.54) is 11.1 Å². The normalized spacial score (nSPS) is 34.2. The highest BCUT2D eigenvalue weighted by Gasteiger charge is 2.39. The number of fused-ring (bicyclic) bond motifs is 1. The molecule has 0 saturated carbocycles. The Kier molecular flexibility index (Phi) is 3.61. The summed E-state index contributed by atoms with van der Waals surface area (Å²) in [5, 5.41) is 14.0. The molecule has 0 aromatic heterocycles. The van der Waals surface area contributed by atoms with Gasteiger partial charge in [0.15, 0.2) is 0 Å². The van der Waals surface area contributed by atoms with Crippen LogP contribution in [0.3, 0.4) is 0 Å². The lowest BCUT2D eigenvalue weighted by Crippen LogP contribution is -2.49. The second-order valence-electron chi connectivity index (χ2n) is 5.96. The van der Waals surface area contributed by atoms with E-state index in [0.717, 1.165) is 25.7 Å². The summed E-state index contributed by atoms with van der Waals surface area (Å²) < 4.78 is 5.47. The summed E-state index contributed by atoms with van der Waals surface area (Å²) in [7, 11) is 0. The van der Waals surface area contributed by atoms with Gasteiger partial charge in [0, 0.05) is 25.6 Å². The molecule has 19 heavy (non-hydrogen) atoms. The fourth-order valence-electron chi connectivity index (χ4n) is 3.20. The van der Waals surface area contributed by atoms with Crippen molar-refractivity contribution < 1.29 is 9.84 Å². The molecule has 2 aliphatic rings. The van der Waals surface area contributed by atoms with Gasteiger partial charge in [-0.3, -0.25) is 0 Å². The molecule has 1 aliphatic carbocycles. The quantitative estimate of drug-likeness (QED) is 0.870. The van der Waals surface area contributed by atoms with Gasteiger partial charge in [-0.1, -0.05) is 24.3 Å². The third-order valence-corrected chi connectivity index (χ3v) is 4.70. The Morgan fingerprint density at radius 3 is 2.89 bits per heavy atom. The number of hydrogen-bond acceptors (Lipinski definition) is 3. The molecular weight excluding hydrogens is 238 g/mol. The number of rotatable bonds is 3. The zero-order valence-corrected chi connectivity index (χ0v) is 11.6. The van der Waals surface area contributed by atoms with Crippen molar-refractivity contribution >= 4 is 0 Å². The molecule has 3 heteroatoms. The van der Waals surface area contributed by atoms with Crippen LogP contribution in [0.2, 0.25) is 0 Å². The molecule has 3 unspecified atom stereocenters. The predicted octanol–water partition coefficient (Wildman–Crippen LogP) is 1.67. The van der Waals surface area contributed by atoms with Gasteiger partial charge in [0.2, 0.25) is 0 Å². The van der Waals surface area contributed by atoms with Crippen molar-refractivity contribution in [2.75, 3.05) is 13.2 Å². The minimum absolute atomic E-state index is 0.0594. The molecule has 0 radical (unpaired) electrons. The standard InChI is InChI=1S/C16H23NO2/c1-12-16(18,8-9-19-12)11-17-15-7-6-13-4-2-3-5-14(13)10-15/h2-5,12,15,17-18H,6-11H2,1H3. The van der Waals surface area contributed by atoms with Gasteiger partial charge in [0.05, 0.1) is 6.10 Å². The van der Waals surface area contributed by atoms with E-state index in [1.807, 2.05) is 6.92 Å². The molecule has 0 bridgehead atoms. The van der Waals surface area contributed by atoms with Gasteiger partial charge >= 0.3 is 0 Å².